The summed E-state index contributed by atoms with van der Waals surface area (Å²) in [7, 11) is 0.568. The van der Waals surface area contributed by atoms with Crippen molar-refractivity contribution in [1.29, 1.82) is 0 Å². The van der Waals surface area contributed by atoms with Gasteiger partial charge in [0, 0.05) is 18.5 Å². The van der Waals surface area contributed by atoms with Gasteiger partial charge in [0.05, 0.1) is 39.3 Å². The molecule has 1 atom stereocenters. The number of nitrogens with zero attached hydrogens (tertiary/aromatic N) is 2. The summed E-state index contributed by atoms with van der Waals surface area (Å²) < 4.78 is 17.7. The highest BCUT2D eigenvalue weighted by Gasteiger charge is 2.16. The number of hydrogen-bond donors (Lipinski definition) is 1. The lowest BCUT2D eigenvalue weighted by Crippen LogP contribution is -1.83. The van der Waals surface area contributed by atoms with Crippen molar-refractivity contribution in [3.63, 3.8) is 0 Å². The van der Waals surface area contributed by atoms with Crippen LogP contribution in [0.3, 0.4) is 0 Å². The summed E-state index contributed by atoms with van der Waals surface area (Å²) in [4.78, 5) is 12.6. The Morgan fingerprint density at radius 2 is 2.32 bits per heavy atom. The first-order valence-corrected chi connectivity index (χ1v) is 7.88. The molecule has 19 heavy (non-hydrogen) atoms. The molecule has 0 fully saturated rings. The van der Waals surface area contributed by atoms with Crippen LogP contribution in [-0.4, -0.2) is 32.5 Å². The summed E-state index contributed by atoms with van der Waals surface area (Å²) >= 11 is 1.42. The van der Waals surface area contributed by atoms with Crippen LogP contribution in [0.1, 0.15) is 0 Å². The van der Waals surface area contributed by atoms with Crippen LogP contribution in [-0.2, 0) is 10.8 Å². The van der Waals surface area contributed by atoms with Gasteiger partial charge in [-0.25, -0.2) is 4.98 Å². The predicted octanol–water partition coefficient (Wildman–Crippen LogP) is 2.43. The number of fused-ring (bicyclic) bond motifs is 1. The summed E-state index contributed by atoms with van der Waals surface area (Å²) in [5, 5.41) is 0. The monoisotopic (exact) mass is 293 g/mol. The average molecular weight is 293 g/mol. The van der Waals surface area contributed by atoms with Gasteiger partial charge in [0.1, 0.15) is 10.6 Å². The molecule has 1 N–H and O–H groups in total. The van der Waals surface area contributed by atoms with Crippen LogP contribution in [0.5, 0.6) is 5.75 Å². The molecule has 98 valence electrons. The van der Waals surface area contributed by atoms with E-state index in [9.17, 15) is 4.21 Å². The molecular weight excluding hydrogens is 282 g/mol. The fourth-order valence-electron chi connectivity index (χ4n) is 1.78. The fraction of sp³-hybridized carbons (Fsp3) is 0.167. The summed E-state index contributed by atoms with van der Waals surface area (Å²) in [5.41, 5.74) is 1.71. The number of aromatic nitrogens is 3. The number of nitrogens with one attached hydrogen (secondary N) is 1. The third-order valence-corrected chi connectivity index (χ3v) is 5.23. The molecule has 0 saturated carbocycles. The maximum absolute atomic E-state index is 11.6. The van der Waals surface area contributed by atoms with Crippen LogP contribution in [0.25, 0.3) is 21.7 Å². The van der Waals surface area contributed by atoms with Gasteiger partial charge in [-0.3, -0.25) is 9.19 Å². The molecule has 5 nitrogen and oxygen atoms in total. The zero-order valence-corrected chi connectivity index (χ0v) is 12.0. The zero-order valence-electron chi connectivity index (χ0n) is 10.3. The van der Waals surface area contributed by atoms with E-state index in [1.807, 2.05) is 6.07 Å². The number of H-pyrrole nitrogens is 1. The molecule has 3 aromatic heterocycles. The number of imidazole rings is 1. The van der Waals surface area contributed by atoms with Gasteiger partial charge in [-0.2, -0.15) is 0 Å². The van der Waals surface area contributed by atoms with Gasteiger partial charge in [0.25, 0.3) is 0 Å². The van der Waals surface area contributed by atoms with E-state index in [0.717, 1.165) is 20.1 Å². The van der Waals surface area contributed by atoms with E-state index in [4.69, 9.17) is 4.74 Å². The number of thiophene rings is 1. The molecule has 7 heteroatoms. The van der Waals surface area contributed by atoms with Crippen molar-refractivity contribution in [2.75, 3.05) is 13.4 Å². The van der Waals surface area contributed by atoms with Crippen molar-refractivity contribution >= 4 is 33.2 Å². The molecule has 0 saturated heterocycles. The molecule has 3 heterocycles. The molecule has 0 aliphatic rings. The van der Waals surface area contributed by atoms with Crippen molar-refractivity contribution in [1.82, 2.24) is 15.0 Å². The molecule has 3 rings (SSSR count). The van der Waals surface area contributed by atoms with Gasteiger partial charge in [-0.1, -0.05) is 0 Å². The molecule has 1 unspecified atom stereocenters. The zero-order chi connectivity index (χ0) is 13.4. The quantitative estimate of drug-likeness (QED) is 0.805. The summed E-state index contributed by atoms with van der Waals surface area (Å²) in [6, 6.07) is 3.63. The Morgan fingerprint density at radius 3 is 3.00 bits per heavy atom. The van der Waals surface area contributed by atoms with Crippen molar-refractivity contribution in [2.45, 2.75) is 4.21 Å². The highest BCUT2D eigenvalue weighted by molar-refractivity contribution is 7.86. The molecule has 0 spiro atoms. The molecule has 0 bridgehead atoms. The normalized spacial score (nSPS) is 12.7. The fourth-order valence-corrected chi connectivity index (χ4v) is 3.57. The minimum Gasteiger partial charge on any atom is -0.495 e. The maximum atomic E-state index is 11.6. The van der Waals surface area contributed by atoms with Gasteiger partial charge in [0.15, 0.2) is 5.82 Å². The standard InChI is InChI=1S/C12H11N3O2S2/c1-17-9-5-10(19(2)16)18-11(9)12-14-7-3-4-13-6-8(7)15-12/h3-6H,1-2H3,(H,14,15). The van der Waals surface area contributed by atoms with Crippen molar-refractivity contribution in [3.8, 4) is 16.5 Å². The predicted molar refractivity (Wildman–Crippen MR) is 76.1 cm³/mol. The van der Waals surface area contributed by atoms with Gasteiger partial charge < -0.3 is 9.72 Å². The van der Waals surface area contributed by atoms with Crippen molar-refractivity contribution in [3.05, 3.63) is 24.5 Å². The lowest BCUT2D eigenvalue weighted by molar-refractivity contribution is 0.417. The van der Waals surface area contributed by atoms with E-state index in [-0.39, 0.29) is 0 Å². The van der Waals surface area contributed by atoms with Crippen LogP contribution in [0, 0.1) is 0 Å². The Morgan fingerprint density at radius 1 is 1.47 bits per heavy atom. The van der Waals surface area contributed by atoms with Crippen LogP contribution >= 0.6 is 11.3 Å². The molecule has 0 aromatic carbocycles. The second-order valence-corrected chi connectivity index (χ2v) is 6.55. The number of rotatable bonds is 3. The molecule has 0 radical (unpaired) electrons. The average Bonchev–Trinajstić information content (AvgIpc) is 3.01. The van der Waals surface area contributed by atoms with E-state index in [1.54, 1.807) is 31.8 Å². The number of ether oxygens (including phenoxy) is 1. The highest BCUT2D eigenvalue weighted by Crippen LogP contribution is 2.38. The van der Waals surface area contributed by atoms with Gasteiger partial charge in [0.2, 0.25) is 0 Å². The van der Waals surface area contributed by atoms with E-state index in [2.05, 4.69) is 15.0 Å². The summed E-state index contributed by atoms with van der Waals surface area (Å²) in [6.45, 7) is 0. The first kappa shape index (κ1) is 12.3. The van der Waals surface area contributed by atoms with E-state index in [1.165, 1.54) is 11.3 Å². The number of aromatic amines is 1. The molecule has 3 aromatic rings. The smallest absolute Gasteiger partial charge is 0.152 e. The number of hydrogen-bond acceptors (Lipinski definition) is 5. The Hall–Kier alpha value is -1.73. The minimum absolute atomic E-state index is 0.683. The van der Waals surface area contributed by atoms with Crippen LogP contribution in [0.2, 0.25) is 0 Å². The Kier molecular flexibility index (Phi) is 3.08. The molecule has 0 aliphatic carbocycles. The van der Waals surface area contributed by atoms with Crippen LogP contribution < -0.4 is 4.74 Å². The third-order valence-electron chi connectivity index (χ3n) is 2.68. The first-order valence-electron chi connectivity index (χ1n) is 5.50. The summed E-state index contributed by atoms with van der Waals surface area (Å²) in [5.74, 6) is 1.39. The van der Waals surface area contributed by atoms with Gasteiger partial charge in [-0.05, 0) is 6.07 Å². The second-order valence-electron chi connectivity index (χ2n) is 3.90. The molecule has 0 amide bonds. The van der Waals surface area contributed by atoms with Gasteiger partial charge >= 0.3 is 0 Å². The highest BCUT2D eigenvalue weighted by atomic mass is 32.2. The lowest BCUT2D eigenvalue weighted by atomic mass is 10.4. The number of methoxy groups -OCH3 is 1. The van der Waals surface area contributed by atoms with Gasteiger partial charge in [-0.15, -0.1) is 11.3 Å². The van der Waals surface area contributed by atoms with Crippen molar-refractivity contribution < 1.29 is 8.95 Å². The Balaban J connectivity index is 2.17. The molecular formula is C12H11N3O2S2. The Labute approximate surface area is 116 Å². The number of pyridine rings is 1. The van der Waals surface area contributed by atoms with Crippen LogP contribution in [0.4, 0.5) is 0 Å². The topological polar surface area (TPSA) is 67.9 Å². The molecule has 0 aliphatic heterocycles. The summed E-state index contributed by atoms with van der Waals surface area (Å²) in [6.07, 6.45) is 5.08. The maximum Gasteiger partial charge on any atom is 0.152 e. The third kappa shape index (κ3) is 2.15. The second kappa shape index (κ2) is 4.75. The SMILES string of the molecule is COc1cc(S(C)=O)sc1-c1nc2ccncc2[nH]1. The first-order chi connectivity index (χ1) is 9.19. The minimum atomic E-state index is -1.03. The lowest BCUT2D eigenvalue weighted by Gasteiger charge is -1.97. The van der Waals surface area contributed by atoms with Crippen molar-refractivity contribution in [2.24, 2.45) is 0 Å². The van der Waals surface area contributed by atoms with E-state index < -0.39 is 10.8 Å². The van der Waals surface area contributed by atoms with Crippen LogP contribution in [0.15, 0.2) is 28.7 Å². The Bertz CT molecular complexity index is 730. The largest absolute Gasteiger partial charge is 0.495 e. The van der Waals surface area contributed by atoms with E-state index >= 15 is 0 Å². The van der Waals surface area contributed by atoms with E-state index in [0.29, 0.717) is 11.6 Å².